The maximum Gasteiger partial charge on any atom is 0.263 e. The minimum Gasteiger partial charge on any atom is -0.348 e. The molecule has 0 radical (unpaired) electrons. The van der Waals surface area contributed by atoms with Crippen molar-refractivity contribution in [2.24, 2.45) is 0 Å². The Hall–Kier alpha value is -3.02. The zero-order valence-electron chi connectivity index (χ0n) is 15.3. The lowest BCUT2D eigenvalue weighted by Gasteiger charge is -2.31. The van der Waals surface area contributed by atoms with E-state index in [1.807, 2.05) is 23.2 Å². The van der Waals surface area contributed by atoms with Crippen molar-refractivity contribution in [1.82, 2.24) is 14.9 Å². The molecule has 2 aromatic carbocycles. The van der Waals surface area contributed by atoms with Crippen molar-refractivity contribution in [3.8, 4) is 11.1 Å². The van der Waals surface area contributed by atoms with Crippen molar-refractivity contribution >= 4 is 5.91 Å². The molecule has 1 amide bonds. The van der Waals surface area contributed by atoms with Crippen LogP contribution < -0.4 is 0 Å². The van der Waals surface area contributed by atoms with E-state index in [0.717, 1.165) is 29.8 Å². The highest BCUT2D eigenvalue weighted by Crippen LogP contribution is 2.27. The first-order chi connectivity index (χ1) is 13.6. The molecule has 0 bridgehead atoms. The molecule has 1 fully saturated rings. The average molecular weight is 381 g/mol. The van der Waals surface area contributed by atoms with Gasteiger partial charge in [-0.2, -0.15) is 0 Å². The molecule has 1 aromatic heterocycles. The van der Waals surface area contributed by atoms with Gasteiger partial charge < -0.3 is 9.88 Å². The van der Waals surface area contributed by atoms with Gasteiger partial charge >= 0.3 is 0 Å². The van der Waals surface area contributed by atoms with Gasteiger partial charge in [-0.05, 0) is 36.1 Å². The molecule has 144 valence electrons. The minimum absolute atomic E-state index is 0.00787. The van der Waals surface area contributed by atoms with Gasteiger partial charge in [0.1, 0.15) is 5.82 Å². The highest BCUT2D eigenvalue weighted by Gasteiger charge is 2.25. The van der Waals surface area contributed by atoms with Gasteiger partial charge in [0.2, 0.25) is 0 Å². The number of aromatic amines is 1. The number of halogens is 2. The van der Waals surface area contributed by atoms with E-state index in [1.165, 1.54) is 12.1 Å². The largest absolute Gasteiger partial charge is 0.348 e. The molecule has 1 aliphatic heterocycles. The first-order valence-electron chi connectivity index (χ1n) is 9.39. The second-order valence-corrected chi connectivity index (χ2v) is 7.04. The van der Waals surface area contributed by atoms with E-state index < -0.39 is 6.43 Å². The van der Waals surface area contributed by atoms with Gasteiger partial charge in [0, 0.05) is 42.5 Å². The number of alkyl halides is 2. The normalized spacial score (nSPS) is 15.2. The highest BCUT2D eigenvalue weighted by atomic mass is 19.3. The third-order valence-electron chi connectivity index (χ3n) is 5.32. The minimum atomic E-state index is -2.47. The van der Waals surface area contributed by atoms with E-state index in [-0.39, 0.29) is 11.5 Å². The molecule has 28 heavy (non-hydrogen) atoms. The van der Waals surface area contributed by atoms with Crippen LogP contribution in [0, 0.1) is 0 Å². The summed E-state index contributed by atoms with van der Waals surface area (Å²) >= 11 is 0. The van der Waals surface area contributed by atoms with Gasteiger partial charge in [-0.25, -0.2) is 13.8 Å². The molecule has 3 aromatic rings. The summed E-state index contributed by atoms with van der Waals surface area (Å²) < 4.78 is 25.4. The van der Waals surface area contributed by atoms with Crippen LogP contribution in [-0.2, 0) is 0 Å². The second-order valence-electron chi connectivity index (χ2n) is 7.04. The molecule has 0 atom stereocenters. The number of benzene rings is 2. The number of nitrogens with one attached hydrogen (secondary N) is 1. The zero-order chi connectivity index (χ0) is 19.5. The number of rotatable bonds is 4. The number of nitrogens with zero attached hydrogens (tertiary/aromatic N) is 2. The number of hydrogen-bond acceptors (Lipinski definition) is 2. The Balaban J connectivity index is 1.40. The standard InChI is InChI=1S/C22H21F2N3O/c23-20(24)17-5-1-15(2-6-17)16-3-7-19(8-4-16)22(28)27-13-9-18(10-14-27)21-25-11-12-26-21/h1-8,11-12,18,20H,9-10,13-14H2,(H,25,26). The molecule has 6 heteroatoms. The van der Waals surface area contributed by atoms with Crippen LogP contribution in [0.25, 0.3) is 11.1 Å². The van der Waals surface area contributed by atoms with Gasteiger partial charge in [-0.15, -0.1) is 0 Å². The van der Waals surface area contributed by atoms with E-state index in [1.54, 1.807) is 30.5 Å². The summed E-state index contributed by atoms with van der Waals surface area (Å²) in [5.74, 6) is 1.39. The van der Waals surface area contributed by atoms with Crippen LogP contribution in [0.15, 0.2) is 60.9 Å². The smallest absolute Gasteiger partial charge is 0.263 e. The van der Waals surface area contributed by atoms with Crippen molar-refractivity contribution in [3.05, 3.63) is 77.9 Å². The Morgan fingerprint density at radius 1 is 1.00 bits per heavy atom. The lowest BCUT2D eigenvalue weighted by atomic mass is 9.95. The van der Waals surface area contributed by atoms with E-state index in [0.29, 0.717) is 24.6 Å². The first kappa shape index (κ1) is 18.3. The number of carbonyl (C=O) groups excluding carboxylic acids is 1. The maximum absolute atomic E-state index is 12.8. The Morgan fingerprint density at radius 2 is 1.61 bits per heavy atom. The summed E-state index contributed by atoms with van der Waals surface area (Å²) in [6, 6.07) is 13.6. The van der Waals surface area contributed by atoms with Gasteiger partial charge in [0.25, 0.3) is 12.3 Å². The summed E-state index contributed by atoms with van der Waals surface area (Å²) in [6.45, 7) is 1.42. The number of likely N-dealkylation sites (tertiary alicyclic amines) is 1. The summed E-state index contributed by atoms with van der Waals surface area (Å²) in [6.07, 6.45) is 2.91. The molecule has 0 aliphatic carbocycles. The average Bonchev–Trinajstić information content (AvgIpc) is 3.28. The molecule has 1 aliphatic rings. The highest BCUT2D eigenvalue weighted by molar-refractivity contribution is 5.94. The summed E-state index contributed by atoms with van der Waals surface area (Å²) in [5, 5.41) is 0. The number of carbonyl (C=O) groups is 1. The summed E-state index contributed by atoms with van der Waals surface area (Å²) in [4.78, 5) is 22.1. The van der Waals surface area contributed by atoms with Crippen LogP contribution >= 0.6 is 0 Å². The lowest BCUT2D eigenvalue weighted by molar-refractivity contribution is 0.0711. The quantitative estimate of drug-likeness (QED) is 0.689. The van der Waals surface area contributed by atoms with Crippen LogP contribution in [0.2, 0.25) is 0 Å². The SMILES string of the molecule is O=C(c1ccc(-c2ccc(C(F)F)cc2)cc1)N1CCC(c2ncc[nH]2)CC1. The number of hydrogen-bond donors (Lipinski definition) is 1. The molecule has 2 heterocycles. The summed E-state index contributed by atoms with van der Waals surface area (Å²) in [5.41, 5.74) is 2.40. The molecule has 0 unspecified atom stereocenters. The molecule has 1 N–H and O–H groups in total. The Morgan fingerprint density at radius 3 is 2.14 bits per heavy atom. The third-order valence-corrected chi connectivity index (χ3v) is 5.32. The zero-order valence-corrected chi connectivity index (χ0v) is 15.3. The van der Waals surface area contributed by atoms with Gasteiger partial charge in [-0.1, -0.05) is 36.4 Å². The fraction of sp³-hybridized carbons (Fsp3) is 0.273. The fourth-order valence-electron chi connectivity index (χ4n) is 3.67. The Bertz CT molecular complexity index is 913. The monoisotopic (exact) mass is 381 g/mol. The van der Waals surface area contributed by atoms with Crippen molar-refractivity contribution in [2.45, 2.75) is 25.2 Å². The molecular formula is C22H21F2N3O. The van der Waals surface area contributed by atoms with E-state index >= 15 is 0 Å². The molecule has 1 saturated heterocycles. The van der Waals surface area contributed by atoms with Gasteiger partial charge in [0.05, 0.1) is 0 Å². The summed E-state index contributed by atoms with van der Waals surface area (Å²) in [7, 11) is 0. The van der Waals surface area contributed by atoms with Crippen LogP contribution in [0.1, 0.15) is 46.9 Å². The lowest BCUT2D eigenvalue weighted by Crippen LogP contribution is -2.38. The predicted octanol–water partition coefficient (Wildman–Crippen LogP) is 5.03. The number of piperidine rings is 1. The van der Waals surface area contributed by atoms with Crippen molar-refractivity contribution in [3.63, 3.8) is 0 Å². The molecule has 0 spiro atoms. The first-order valence-corrected chi connectivity index (χ1v) is 9.39. The Labute approximate surface area is 162 Å². The number of amides is 1. The fourth-order valence-corrected chi connectivity index (χ4v) is 3.67. The molecule has 4 rings (SSSR count). The van der Waals surface area contributed by atoms with Crippen LogP contribution in [0.5, 0.6) is 0 Å². The maximum atomic E-state index is 12.8. The van der Waals surface area contributed by atoms with Crippen LogP contribution in [0.3, 0.4) is 0 Å². The van der Waals surface area contributed by atoms with E-state index in [2.05, 4.69) is 9.97 Å². The number of imidazole rings is 1. The number of H-pyrrole nitrogens is 1. The third kappa shape index (κ3) is 3.81. The van der Waals surface area contributed by atoms with Gasteiger partial charge in [0.15, 0.2) is 0 Å². The topological polar surface area (TPSA) is 49.0 Å². The van der Waals surface area contributed by atoms with Crippen LogP contribution in [-0.4, -0.2) is 33.9 Å². The Kier molecular flexibility index (Phi) is 5.19. The molecule has 4 nitrogen and oxygen atoms in total. The predicted molar refractivity (Wildman–Crippen MR) is 103 cm³/mol. The van der Waals surface area contributed by atoms with Crippen molar-refractivity contribution in [1.29, 1.82) is 0 Å². The number of aromatic nitrogens is 2. The molecular weight excluding hydrogens is 360 g/mol. The second kappa shape index (κ2) is 7.92. The van der Waals surface area contributed by atoms with Crippen molar-refractivity contribution < 1.29 is 13.6 Å². The van der Waals surface area contributed by atoms with E-state index in [4.69, 9.17) is 0 Å². The van der Waals surface area contributed by atoms with Crippen LogP contribution in [0.4, 0.5) is 8.78 Å². The van der Waals surface area contributed by atoms with Crippen molar-refractivity contribution in [2.75, 3.05) is 13.1 Å². The molecule has 0 saturated carbocycles. The van der Waals surface area contributed by atoms with E-state index in [9.17, 15) is 13.6 Å². The van der Waals surface area contributed by atoms with Gasteiger partial charge in [-0.3, -0.25) is 4.79 Å².